The van der Waals surface area contributed by atoms with Crippen LogP contribution < -0.4 is 10.3 Å². The molecule has 7 nitrogen and oxygen atoms in total. The number of hydrogen-bond donors (Lipinski definition) is 0. The zero-order valence-electron chi connectivity index (χ0n) is 13.6. The molecule has 0 amide bonds. The van der Waals surface area contributed by atoms with Gasteiger partial charge in [-0.2, -0.15) is 0 Å². The molecule has 0 spiro atoms. The smallest absolute Gasteiger partial charge is 0.270 e. The molecule has 0 aliphatic rings. The van der Waals surface area contributed by atoms with Crippen molar-refractivity contribution in [2.75, 3.05) is 7.11 Å². The first kappa shape index (κ1) is 17.0. The van der Waals surface area contributed by atoms with Crippen LogP contribution in [0.4, 0.5) is 5.69 Å². The molecular weight excluding hydrogens is 342 g/mol. The van der Waals surface area contributed by atoms with Crippen molar-refractivity contribution in [2.24, 2.45) is 7.05 Å². The SMILES string of the molecule is COc1ccc([N+](=O)[O-])cc1CSc1nc2ccccc2c(=O)n1C. The summed E-state index contributed by atoms with van der Waals surface area (Å²) in [5.41, 5.74) is 1.17. The lowest BCUT2D eigenvalue weighted by Gasteiger charge is -2.10. The van der Waals surface area contributed by atoms with E-state index in [1.54, 1.807) is 31.3 Å². The number of non-ortho nitro benzene ring substituents is 1. The monoisotopic (exact) mass is 357 g/mol. The Kier molecular flexibility index (Phi) is 4.71. The maximum absolute atomic E-state index is 12.4. The lowest BCUT2D eigenvalue weighted by Crippen LogP contribution is -2.19. The van der Waals surface area contributed by atoms with E-state index in [0.29, 0.717) is 33.1 Å². The maximum atomic E-state index is 12.4. The van der Waals surface area contributed by atoms with Gasteiger partial charge in [-0.3, -0.25) is 19.5 Å². The Balaban J connectivity index is 1.95. The van der Waals surface area contributed by atoms with E-state index >= 15 is 0 Å². The fourth-order valence-electron chi connectivity index (χ4n) is 2.46. The average molecular weight is 357 g/mol. The number of aromatic nitrogens is 2. The van der Waals surface area contributed by atoms with Crippen molar-refractivity contribution in [2.45, 2.75) is 10.9 Å². The van der Waals surface area contributed by atoms with Gasteiger partial charge in [0.2, 0.25) is 0 Å². The van der Waals surface area contributed by atoms with Gasteiger partial charge in [-0.05, 0) is 18.2 Å². The van der Waals surface area contributed by atoms with Crippen molar-refractivity contribution in [1.82, 2.24) is 9.55 Å². The minimum Gasteiger partial charge on any atom is -0.496 e. The summed E-state index contributed by atoms with van der Waals surface area (Å²) < 4.78 is 6.75. The molecule has 0 saturated heterocycles. The molecular formula is C17H15N3O4S. The second kappa shape index (κ2) is 6.94. The molecule has 3 rings (SSSR count). The molecule has 8 heteroatoms. The molecule has 0 saturated carbocycles. The van der Waals surface area contributed by atoms with Crippen molar-refractivity contribution in [3.8, 4) is 5.75 Å². The molecule has 2 aromatic carbocycles. The minimum atomic E-state index is -0.447. The number of benzene rings is 2. The van der Waals surface area contributed by atoms with Crippen molar-refractivity contribution in [3.63, 3.8) is 0 Å². The summed E-state index contributed by atoms with van der Waals surface area (Å²) in [5, 5.41) is 12.1. The highest BCUT2D eigenvalue weighted by Crippen LogP contribution is 2.30. The van der Waals surface area contributed by atoms with Crippen LogP contribution in [-0.2, 0) is 12.8 Å². The Morgan fingerprint density at radius 2 is 2.04 bits per heavy atom. The summed E-state index contributed by atoms with van der Waals surface area (Å²) in [6.07, 6.45) is 0. The van der Waals surface area contributed by atoms with E-state index in [1.807, 2.05) is 6.07 Å². The first-order valence-electron chi connectivity index (χ1n) is 7.41. The van der Waals surface area contributed by atoms with Gasteiger partial charge in [0.05, 0.1) is 22.9 Å². The molecule has 1 heterocycles. The molecule has 128 valence electrons. The van der Waals surface area contributed by atoms with Gasteiger partial charge in [0, 0.05) is 30.5 Å². The summed E-state index contributed by atoms with van der Waals surface area (Å²) in [4.78, 5) is 27.5. The van der Waals surface area contributed by atoms with Crippen LogP contribution in [0.25, 0.3) is 10.9 Å². The maximum Gasteiger partial charge on any atom is 0.270 e. The van der Waals surface area contributed by atoms with Crippen LogP contribution in [0.3, 0.4) is 0 Å². The number of rotatable bonds is 5. The van der Waals surface area contributed by atoms with Crippen molar-refractivity contribution in [3.05, 3.63) is 68.5 Å². The Morgan fingerprint density at radius 3 is 2.76 bits per heavy atom. The van der Waals surface area contributed by atoms with E-state index in [1.165, 1.54) is 35.6 Å². The van der Waals surface area contributed by atoms with E-state index in [2.05, 4.69) is 4.98 Å². The fourth-order valence-corrected chi connectivity index (χ4v) is 3.41. The van der Waals surface area contributed by atoms with Crippen LogP contribution in [0.15, 0.2) is 52.4 Å². The van der Waals surface area contributed by atoms with Gasteiger partial charge in [0.25, 0.3) is 11.2 Å². The normalized spacial score (nSPS) is 10.8. The van der Waals surface area contributed by atoms with Gasteiger partial charge >= 0.3 is 0 Å². The predicted octanol–water partition coefficient (Wildman–Crippen LogP) is 3.14. The number of fused-ring (bicyclic) bond motifs is 1. The molecule has 1 aromatic heterocycles. The van der Waals surface area contributed by atoms with E-state index < -0.39 is 4.92 Å². The van der Waals surface area contributed by atoms with Crippen molar-refractivity contribution >= 4 is 28.4 Å². The largest absolute Gasteiger partial charge is 0.496 e. The zero-order chi connectivity index (χ0) is 18.0. The van der Waals surface area contributed by atoms with Crippen LogP contribution in [0, 0.1) is 10.1 Å². The van der Waals surface area contributed by atoms with Crippen LogP contribution in [0.1, 0.15) is 5.56 Å². The Hall–Kier alpha value is -2.87. The van der Waals surface area contributed by atoms with E-state index in [4.69, 9.17) is 4.74 Å². The second-order valence-corrected chi connectivity index (χ2v) is 6.26. The predicted molar refractivity (Wildman–Crippen MR) is 96.2 cm³/mol. The Morgan fingerprint density at radius 1 is 1.28 bits per heavy atom. The summed E-state index contributed by atoms with van der Waals surface area (Å²) in [6.45, 7) is 0. The minimum absolute atomic E-state index is 0.00300. The first-order valence-corrected chi connectivity index (χ1v) is 8.39. The van der Waals surface area contributed by atoms with Crippen LogP contribution >= 0.6 is 11.8 Å². The number of ether oxygens (including phenoxy) is 1. The highest BCUT2D eigenvalue weighted by molar-refractivity contribution is 7.98. The summed E-state index contributed by atoms with van der Waals surface area (Å²) >= 11 is 1.33. The average Bonchev–Trinajstić information content (AvgIpc) is 2.63. The second-order valence-electron chi connectivity index (χ2n) is 5.32. The molecule has 0 radical (unpaired) electrons. The van der Waals surface area contributed by atoms with Crippen LogP contribution in [-0.4, -0.2) is 21.6 Å². The van der Waals surface area contributed by atoms with Gasteiger partial charge in [0.1, 0.15) is 5.75 Å². The van der Waals surface area contributed by atoms with Gasteiger partial charge in [-0.15, -0.1) is 0 Å². The molecule has 0 unspecified atom stereocenters. The molecule has 0 aliphatic carbocycles. The van der Waals surface area contributed by atoms with Gasteiger partial charge in [-0.1, -0.05) is 23.9 Å². The highest BCUT2D eigenvalue weighted by Gasteiger charge is 2.14. The number of hydrogen-bond acceptors (Lipinski definition) is 6. The number of nitro groups is 1. The van der Waals surface area contributed by atoms with Gasteiger partial charge in [0.15, 0.2) is 5.16 Å². The quantitative estimate of drug-likeness (QED) is 0.302. The highest BCUT2D eigenvalue weighted by atomic mass is 32.2. The standard InChI is InChI=1S/C17H15N3O4S/c1-19-16(21)13-5-3-4-6-14(13)18-17(19)25-10-11-9-12(20(22)23)7-8-15(11)24-2/h3-9H,10H2,1-2H3. The molecule has 25 heavy (non-hydrogen) atoms. The molecule has 0 fully saturated rings. The number of para-hydroxylation sites is 1. The first-order chi connectivity index (χ1) is 12.0. The summed E-state index contributed by atoms with van der Waals surface area (Å²) in [7, 11) is 3.17. The van der Waals surface area contributed by atoms with Crippen LogP contribution in [0.2, 0.25) is 0 Å². The molecule has 0 aliphatic heterocycles. The van der Waals surface area contributed by atoms with Crippen molar-refractivity contribution in [1.29, 1.82) is 0 Å². The number of thioether (sulfide) groups is 1. The topological polar surface area (TPSA) is 87.3 Å². The van der Waals surface area contributed by atoms with Gasteiger partial charge in [-0.25, -0.2) is 4.98 Å². The van der Waals surface area contributed by atoms with E-state index in [-0.39, 0.29) is 11.2 Å². The lowest BCUT2D eigenvalue weighted by atomic mass is 10.2. The molecule has 0 atom stereocenters. The third-order valence-corrected chi connectivity index (χ3v) is 4.85. The third-order valence-electron chi connectivity index (χ3n) is 3.77. The zero-order valence-corrected chi connectivity index (χ0v) is 14.4. The third kappa shape index (κ3) is 3.34. The Bertz CT molecular complexity index is 1020. The Labute approximate surface area is 147 Å². The number of nitrogens with zero attached hydrogens (tertiary/aromatic N) is 3. The van der Waals surface area contributed by atoms with Crippen LogP contribution in [0.5, 0.6) is 5.75 Å². The number of nitro benzene ring substituents is 1. The fraction of sp³-hybridized carbons (Fsp3) is 0.176. The lowest BCUT2D eigenvalue weighted by molar-refractivity contribution is -0.384. The number of methoxy groups -OCH3 is 1. The molecule has 0 bridgehead atoms. The van der Waals surface area contributed by atoms with Crippen molar-refractivity contribution < 1.29 is 9.66 Å². The van der Waals surface area contributed by atoms with Gasteiger partial charge < -0.3 is 4.74 Å². The van der Waals surface area contributed by atoms with E-state index in [0.717, 1.165) is 0 Å². The molecule has 3 aromatic rings. The summed E-state index contributed by atoms with van der Waals surface area (Å²) in [6, 6.07) is 11.6. The summed E-state index contributed by atoms with van der Waals surface area (Å²) in [5.74, 6) is 0.951. The van der Waals surface area contributed by atoms with E-state index in [9.17, 15) is 14.9 Å². The molecule has 0 N–H and O–H groups in total.